The molecule has 0 unspecified atom stereocenters. The van der Waals surface area contributed by atoms with Crippen molar-refractivity contribution in [3.05, 3.63) is 11.9 Å². The van der Waals surface area contributed by atoms with E-state index in [2.05, 4.69) is 36.1 Å². The molecule has 0 amide bonds. The van der Waals surface area contributed by atoms with Crippen LogP contribution in [0.1, 0.15) is 45.6 Å². The molecular weight excluding hydrogens is 212 g/mol. The van der Waals surface area contributed by atoms with Crippen LogP contribution in [-0.2, 0) is 6.42 Å². The van der Waals surface area contributed by atoms with Crippen molar-refractivity contribution in [2.24, 2.45) is 5.92 Å². The zero-order chi connectivity index (χ0) is 12.5. The Morgan fingerprint density at radius 3 is 2.71 bits per heavy atom. The predicted molar refractivity (Wildman–Crippen MR) is 70.9 cm³/mol. The molecule has 0 spiro atoms. The Morgan fingerprint density at radius 2 is 2.12 bits per heavy atom. The third kappa shape index (κ3) is 2.68. The van der Waals surface area contributed by atoms with Gasteiger partial charge in [-0.15, -0.1) is 0 Å². The molecule has 1 saturated carbocycles. The quantitative estimate of drug-likeness (QED) is 0.822. The van der Waals surface area contributed by atoms with Gasteiger partial charge in [-0.25, -0.2) is 9.97 Å². The van der Waals surface area contributed by atoms with Gasteiger partial charge in [0.1, 0.15) is 18.0 Å². The molecule has 17 heavy (non-hydrogen) atoms. The Kier molecular flexibility index (Phi) is 3.22. The highest BCUT2D eigenvalue weighted by atomic mass is 15.1. The largest absolute Gasteiger partial charge is 0.383 e. The molecule has 1 fully saturated rings. The minimum Gasteiger partial charge on any atom is -0.383 e. The second-order valence-electron chi connectivity index (χ2n) is 5.46. The van der Waals surface area contributed by atoms with Crippen LogP contribution in [0.25, 0.3) is 0 Å². The maximum Gasteiger partial charge on any atom is 0.135 e. The molecule has 94 valence electrons. The molecule has 0 saturated heterocycles. The van der Waals surface area contributed by atoms with E-state index in [1.54, 1.807) is 6.33 Å². The van der Waals surface area contributed by atoms with Crippen LogP contribution in [0.4, 0.5) is 11.6 Å². The molecule has 1 aliphatic rings. The number of aromatic nitrogens is 2. The topological polar surface area (TPSA) is 63.8 Å². The Bertz CT molecular complexity index is 396. The highest BCUT2D eigenvalue weighted by Gasteiger charge is 2.38. The van der Waals surface area contributed by atoms with Crippen molar-refractivity contribution in [1.82, 2.24) is 9.97 Å². The fraction of sp³-hybridized carbons (Fsp3) is 0.692. The summed E-state index contributed by atoms with van der Waals surface area (Å²) >= 11 is 0. The summed E-state index contributed by atoms with van der Waals surface area (Å²) in [5.41, 5.74) is 7.09. The minimum atomic E-state index is 0.100. The number of hydrogen-bond acceptors (Lipinski definition) is 4. The maximum absolute atomic E-state index is 5.93. The highest BCUT2D eigenvalue weighted by Crippen LogP contribution is 2.41. The van der Waals surface area contributed by atoms with Gasteiger partial charge in [-0.05, 0) is 39.0 Å². The Balaban J connectivity index is 2.22. The number of nitrogens with one attached hydrogen (secondary N) is 1. The third-order valence-corrected chi connectivity index (χ3v) is 3.52. The van der Waals surface area contributed by atoms with Gasteiger partial charge in [-0.3, -0.25) is 0 Å². The number of nitrogens with zero attached hydrogens (tertiary/aromatic N) is 2. The summed E-state index contributed by atoms with van der Waals surface area (Å²) in [7, 11) is 0. The molecule has 0 aromatic carbocycles. The first kappa shape index (κ1) is 12.1. The molecule has 1 aromatic rings. The van der Waals surface area contributed by atoms with E-state index in [1.165, 1.54) is 12.8 Å². The van der Waals surface area contributed by atoms with Gasteiger partial charge in [0.2, 0.25) is 0 Å². The van der Waals surface area contributed by atoms with Gasteiger partial charge in [-0.1, -0.05) is 13.3 Å². The van der Waals surface area contributed by atoms with Crippen molar-refractivity contribution in [1.29, 1.82) is 0 Å². The Hall–Kier alpha value is -1.32. The lowest BCUT2D eigenvalue weighted by Crippen LogP contribution is -2.34. The van der Waals surface area contributed by atoms with E-state index >= 15 is 0 Å². The van der Waals surface area contributed by atoms with Gasteiger partial charge in [0, 0.05) is 11.1 Å². The van der Waals surface area contributed by atoms with Crippen molar-refractivity contribution in [2.45, 2.75) is 52.0 Å². The van der Waals surface area contributed by atoms with Crippen LogP contribution in [0.3, 0.4) is 0 Å². The smallest absolute Gasteiger partial charge is 0.135 e. The van der Waals surface area contributed by atoms with Gasteiger partial charge in [0.25, 0.3) is 0 Å². The van der Waals surface area contributed by atoms with Crippen LogP contribution in [0.2, 0.25) is 0 Å². The van der Waals surface area contributed by atoms with E-state index < -0.39 is 0 Å². The van der Waals surface area contributed by atoms with Crippen molar-refractivity contribution in [3.63, 3.8) is 0 Å². The van der Waals surface area contributed by atoms with E-state index in [-0.39, 0.29) is 5.54 Å². The number of rotatable bonds is 5. The lowest BCUT2D eigenvalue weighted by Gasteiger charge is -2.28. The van der Waals surface area contributed by atoms with Gasteiger partial charge in [0.05, 0.1) is 0 Å². The summed E-state index contributed by atoms with van der Waals surface area (Å²) in [6, 6.07) is 0. The molecule has 2 rings (SSSR count). The molecule has 0 radical (unpaired) electrons. The van der Waals surface area contributed by atoms with Crippen molar-refractivity contribution < 1.29 is 0 Å². The second kappa shape index (κ2) is 4.51. The van der Waals surface area contributed by atoms with Crippen LogP contribution in [-0.4, -0.2) is 15.5 Å². The van der Waals surface area contributed by atoms with Gasteiger partial charge < -0.3 is 11.1 Å². The maximum atomic E-state index is 5.93. The molecule has 4 nitrogen and oxygen atoms in total. The standard InChI is InChI=1S/C13H22N4/c1-4-5-10-11(14)15-8-16-12(10)17-13(2,3)9-6-7-9/h8-9H,4-7H2,1-3H3,(H3,14,15,16,17). The summed E-state index contributed by atoms with van der Waals surface area (Å²) in [4.78, 5) is 8.43. The molecule has 0 atom stereocenters. The predicted octanol–water partition coefficient (Wildman–Crippen LogP) is 2.61. The molecule has 1 aliphatic carbocycles. The van der Waals surface area contributed by atoms with Crippen LogP contribution < -0.4 is 11.1 Å². The molecule has 0 bridgehead atoms. The summed E-state index contributed by atoms with van der Waals surface area (Å²) in [6.07, 6.45) is 6.14. The summed E-state index contributed by atoms with van der Waals surface area (Å²) < 4.78 is 0. The van der Waals surface area contributed by atoms with Crippen LogP contribution in [0.5, 0.6) is 0 Å². The monoisotopic (exact) mass is 234 g/mol. The molecule has 3 N–H and O–H groups in total. The SMILES string of the molecule is CCCc1c(N)ncnc1NC(C)(C)C1CC1. The average Bonchev–Trinajstić information content (AvgIpc) is 3.06. The summed E-state index contributed by atoms with van der Waals surface area (Å²) in [6.45, 7) is 6.61. The third-order valence-electron chi connectivity index (χ3n) is 3.52. The first-order valence-electron chi connectivity index (χ1n) is 6.42. The molecule has 1 heterocycles. The lowest BCUT2D eigenvalue weighted by atomic mass is 9.98. The van der Waals surface area contributed by atoms with Crippen LogP contribution >= 0.6 is 0 Å². The fourth-order valence-corrected chi connectivity index (χ4v) is 2.24. The lowest BCUT2D eigenvalue weighted by molar-refractivity contribution is 0.491. The van der Waals surface area contributed by atoms with E-state index in [0.717, 1.165) is 30.1 Å². The first-order chi connectivity index (χ1) is 8.04. The number of hydrogen-bond donors (Lipinski definition) is 2. The number of nitrogen functional groups attached to an aromatic ring is 1. The normalized spacial score (nSPS) is 15.9. The van der Waals surface area contributed by atoms with E-state index in [1.807, 2.05) is 0 Å². The second-order valence-corrected chi connectivity index (χ2v) is 5.46. The van der Waals surface area contributed by atoms with Crippen molar-refractivity contribution in [2.75, 3.05) is 11.1 Å². The Labute approximate surface area is 103 Å². The molecular formula is C13H22N4. The zero-order valence-corrected chi connectivity index (χ0v) is 11.0. The minimum absolute atomic E-state index is 0.100. The highest BCUT2D eigenvalue weighted by molar-refractivity contribution is 5.56. The number of anilines is 2. The van der Waals surface area contributed by atoms with Gasteiger partial charge in [0.15, 0.2) is 0 Å². The van der Waals surface area contributed by atoms with E-state index in [0.29, 0.717) is 5.82 Å². The number of nitrogens with two attached hydrogens (primary N) is 1. The van der Waals surface area contributed by atoms with Gasteiger partial charge in [-0.2, -0.15) is 0 Å². The van der Waals surface area contributed by atoms with Crippen LogP contribution in [0, 0.1) is 5.92 Å². The molecule has 4 heteroatoms. The van der Waals surface area contributed by atoms with E-state index in [9.17, 15) is 0 Å². The summed E-state index contributed by atoms with van der Waals surface area (Å²) in [5, 5.41) is 3.54. The fourth-order valence-electron chi connectivity index (χ4n) is 2.24. The van der Waals surface area contributed by atoms with Crippen LogP contribution in [0.15, 0.2) is 6.33 Å². The molecule has 1 aromatic heterocycles. The molecule has 0 aliphatic heterocycles. The Morgan fingerprint density at radius 1 is 1.41 bits per heavy atom. The van der Waals surface area contributed by atoms with Crippen molar-refractivity contribution in [3.8, 4) is 0 Å². The van der Waals surface area contributed by atoms with Gasteiger partial charge >= 0.3 is 0 Å². The van der Waals surface area contributed by atoms with E-state index in [4.69, 9.17) is 5.73 Å². The zero-order valence-electron chi connectivity index (χ0n) is 11.0. The van der Waals surface area contributed by atoms with Crippen molar-refractivity contribution >= 4 is 11.6 Å². The summed E-state index contributed by atoms with van der Waals surface area (Å²) in [5.74, 6) is 2.28. The first-order valence-corrected chi connectivity index (χ1v) is 6.42. The average molecular weight is 234 g/mol.